The SMILES string of the molecule is CC(O)Cc1csc(CC2CCCSC2)n1. The third-order valence-electron chi connectivity index (χ3n) is 2.82. The molecule has 2 nitrogen and oxygen atoms in total. The summed E-state index contributed by atoms with van der Waals surface area (Å²) in [5.74, 6) is 3.46. The first kappa shape index (κ1) is 12.4. The maximum Gasteiger partial charge on any atom is 0.0931 e. The number of thioether (sulfide) groups is 1. The first-order valence-corrected chi connectivity index (χ1v) is 7.96. The third-order valence-corrected chi connectivity index (χ3v) is 5.03. The summed E-state index contributed by atoms with van der Waals surface area (Å²) < 4.78 is 0. The van der Waals surface area contributed by atoms with Crippen molar-refractivity contribution in [2.24, 2.45) is 5.92 Å². The number of aliphatic hydroxyl groups excluding tert-OH is 1. The normalized spacial score (nSPS) is 23.2. The van der Waals surface area contributed by atoms with Gasteiger partial charge in [-0.1, -0.05) is 0 Å². The summed E-state index contributed by atoms with van der Waals surface area (Å²) in [6.07, 6.45) is 4.27. The zero-order chi connectivity index (χ0) is 11.4. The van der Waals surface area contributed by atoms with Crippen molar-refractivity contribution < 1.29 is 5.11 Å². The number of rotatable bonds is 4. The number of nitrogens with zero attached hydrogens (tertiary/aromatic N) is 1. The highest BCUT2D eigenvalue weighted by Gasteiger charge is 2.16. The average molecular weight is 257 g/mol. The summed E-state index contributed by atoms with van der Waals surface area (Å²) in [4.78, 5) is 4.59. The van der Waals surface area contributed by atoms with E-state index in [1.807, 2.05) is 6.92 Å². The van der Waals surface area contributed by atoms with Crippen LogP contribution in [-0.4, -0.2) is 27.7 Å². The second-order valence-corrected chi connectivity index (χ2v) is 6.67. The van der Waals surface area contributed by atoms with E-state index in [4.69, 9.17) is 0 Å². The van der Waals surface area contributed by atoms with E-state index in [1.165, 1.54) is 29.4 Å². The van der Waals surface area contributed by atoms with E-state index < -0.39 is 0 Å². The lowest BCUT2D eigenvalue weighted by molar-refractivity contribution is 0.194. The molecule has 0 bridgehead atoms. The molecule has 2 rings (SSSR count). The number of aliphatic hydroxyl groups is 1. The van der Waals surface area contributed by atoms with E-state index in [0.29, 0.717) is 6.42 Å². The molecule has 2 unspecified atom stereocenters. The minimum atomic E-state index is -0.278. The van der Waals surface area contributed by atoms with E-state index in [0.717, 1.165) is 18.0 Å². The molecule has 90 valence electrons. The van der Waals surface area contributed by atoms with Gasteiger partial charge in [-0.3, -0.25) is 0 Å². The van der Waals surface area contributed by atoms with Crippen LogP contribution < -0.4 is 0 Å². The minimum absolute atomic E-state index is 0.278. The highest BCUT2D eigenvalue weighted by Crippen LogP contribution is 2.26. The molecule has 1 aliphatic heterocycles. The van der Waals surface area contributed by atoms with Crippen molar-refractivity contribution in [2.75, 3.05) is 11.5 Å². The average Bonchev–Trinajstić information content (AvgIpc) is 2.66. The number of hydrogen-bond donors (Lipinski definition) is 1. The van der Waals surface area contributed by atoms with Crippen molar-refractivity contribution in [3.05, 3.63) is 16.1 Å². The molecule has 1 aliphatic rings. The van der Waals surface area contributed by atoms with Gasteiger partial charge in [-0.25, -0.2) is 4.98 Å². The summed E-state index contributed by atoms with van der Waals surface area (Å²) in [6, 6.07) is 0. The standard InChI is InChI=1S/C12H19NOS2/c1-9(14)5-11-8-16-12(13-11)6-10-3-2-4-15-7-10/h8-10,14H,2-7H2,1H3. The van der Waals surface area contributed by atoms with Gasteiger partial charge in [-0.2, -0.15) is 11.8 Å². The summed E-state index contributed by atoms with van der Waals surface area (Å²) in [5.41, 5.74) is 1.05. The van der Waals surface area contributed by atoms with Crippen LogP contribution in [0.25, 0.3) is 0 Å². The first-order chi connectivity index (χ1) is 7.74. The summed E-state index contributed by atoms with van der Waals surface area (Å²) >= 11 is 3.83. The van der Waals surface area contributed by atoms with E-state index in [1.54, 1.807) is 11.3 Å². The van der Waals surface area contributed by atoms with Crippen LogP contribution in [-0.2, 0) is 12.8 Å². The maximum atomic E-state index is 9.30. The fourth-order valence-corrected chi connectivity index (χ4v) is 4.13. The van der Waals surface area contributed by atoms with Gasteiger partial charge in [0, 0.05) is 18.2 Å². The lowest BCUT2D eigenvalue weighted by Gasteiger charge is -2.19. The smallest absolute Gasteiger partial charge is 0.0931 e. The molecule has 2 heterocycles. The van der Waals surface area contributed by atoms with Crippen molar-refractivity contribution in [2.45, 2.75) is 38.7 Å². The Balaban J connectivity index is 1.86. The maximum absolute atomic E-state index is 9.30. The Bertz CT molecular complexity index is 319. The monoisotopic (exact) mass is 257 g/mol. The van der Waals surface area contributed by atoms with Gasteiger partial charge in [-0.15, -0.1) is 11.3 Å². The van der Waals surface area contributed by atoms with E-state index in [2.05, 4.69) is 22.1 Å². The first-order valence-electron chi connectivity index (χ1n) is 5.93. The molecule has 0 spiro atoms. The summed E-state index contributed by atoms with van der Waals surface area (Å²) in [5, 5.41) is 12.6. The van der Waals surface area contributed by atoms with E-state index >= 15 is 0 Å². The largest absolute Gasteiger partial charge is 0.393 e. The van der Waals surface area contributed by atoms with Crippen LogP contribution in [0.3, 0.4) is 0 Å². The van der Waals surface area contributed by atoms with Crippen LogP contribution in [0.2, 0.25) is 0 Å². The van der Waals surface area contributed by atoms with E-state index in [-0.39, 0.29) is 6.10 Å². The minimum Gasteiger partial charge on any atom is -0.393 e. The molecule has 1 saturated heterocycles. The van der Waals surface area contributed by atoms with Gasteiger partial charge in [-0.05, 0) is 37.2 Å². The van der Waals surface area contributed by atoms with Gasteiger partial charge < -0.3 is 5.11 Å². The molecule has 1 aromatic heterocycles. The van der Waals surface area contributed by atoms with Gasteiger partial charge in [0.05, 0.1) is 16.8 Å². The van der Waals surface area contributed by atoms with Crippen LogP contribution in [0.1, 0.15) is 30.5 Å². The second-order valence-electron chi connectivity index (χ2n) is 4.57. The zero-order valence-corrected chi connectivity index (χ0v) is 11.3. The summed E-state index contributed by atoms with van der Waals surface area (Å²) in [7, 11) is 0. The molecule has 1 fully saturated rings. The van der Waals surface area contributed by atoms with Gasteiger partial charge >= 0.3 is 0 Å². The molecular weight excluding hydrogens is 238 g/mol. The van der Waals surface area contributed by atoms with Crippen LogP contribution in [0.4, 0.5) is 0 Å². The summed E-state index contributed by atoms with van der Waals surface area (Å²) in [6.45, 7) is 1.82. The lowest BCUT2D eigenvalue weighted by Crippen LogP contribution is -2.13. The molecular formula is C12H19NOS2. The quantitative estimate of drug-likeness (QED) is 0.900. The Kier molecular flexibility index (Phi) is 4.67. The molecule has 2 atom stereocenters. The van der Waals surface area contributed by atoms with Crippen molar-refractivity contribution in [1.82, 2.24) is 4.98 Å². The Morgan fingerprint density at radius 2 is 2.50 bits per heavy atom. The van der Waals surface area contributed by atoms with E-state index in [9.17, 15) is 5.11 Å². The van der Waals surface area contributed by atoms with Crippen molar-refractivity contribution in [3.8, 4) is 0 Å². The predicted octanol–water partition coefficient (Wildman–Crippen LogP) is 2.75. The Morgan fingerprint density at radius 1 is 1.62 bits per heavy atom. The van der Waals surface area contributed by atoms with Crippen molar-refractivity contribution in [3.63, 3.8) is 0 Å². The number of hydrogen-bond acceptors (Lipinski definition) is 4. The van der Waals surface area contributed by atoms with Crippen molar-refractivity contribution in [1.29, 1.82) is 0 Å². The number of aromatic nitrogens is 1. The molecule has 0 amide bonds. The Labute approximate surface area is 105 Å². The van der Waals surface area contributed by atoms with Crippen LogP contribution in [0.15, 0.2) is 5.38 Å². The molecule has 4 heteroatoms. The van der Waals surface area contributed by atoms with Crippen LogP contribution in [0.5, 0.6) is 0 Å². The Morgan fingerprint density at radius 3 is 3.19 bits per heavy atom. The molecule has 16 heavy (non-hydrogen) atoms. The third kappa shape index (κ3) is 3.75. The molecule has 0 aliphatic carbocycles. The predicted molar refractivity (Wildman–Crippen MR) is 71.3 cm³/mol. The van der Waals surface area contributed by atoms with Crippen LogP contribution in [0, 0.1) is 5.92 Å². The fraction of sp³-hybridized carbons (Fsp3) is 0.750. The van der Waals surface area contributed by atoms with Gasteiger partial charge in [0.25, 0.3) is 0 Å². The number of thiazole rings is 1. The van der Waals surface area contributed by atoms with Crippen molar-refractivity contribution >= 4 is 23.1 Å². The lowest BCUT2D eigenvalue weighted by atomic mass is 10.0. The van der Waals surface area contributed by atoms with Gasteiger partial charge in [0.2, 0.25) is 0 Å². The molecule has 0 radical (unpaired) electrons. The molecule has 1 N–H and O–H groups in total. The topological polar surface area (TPSA) is 33.1 Å². The molecule has 0 saturated carbocycles. The fourth-order valence-electron chi connectivity index (χ4n) is 2.05. The zero-order valence-electron chi connectivity index (χ0n) is 9.69. The highest BCUT2D eigenvalue weighted by molar-refractivity contribution is 7.99. The molecule has 1 aromatic rings. The Hall–Kier alpha value is -0.0600. The van der Waals surface area contributed by atoms with Gasteiger partial charge in [0.1, 0.15) is 0 Å². The van der Waals surface area contributed by atoms with Gasteiger partial charge in [0.15, 0.2) is 0 Å². The second kappa shape index (κ2) is 6.03. The molecule has 0 aromatic carbocycles. The highest BCUT2D eigenvalue weighted by atomic mass is 32.2. The van der Waals surface area contributed by atoms with Crippen LogP contribution >= 0.6 is 23.1 Å².